The molecule has 0 bridgehead atoms. The van der Waals surface area contributed by atoms with Gasteiger partial charge in [0.2, 0.25) is 0 Å². The van der Waals surface area contributed by atoms with Crippen molar-refractivity contribution in [2.75, 3.05) is 0 Å². The molecule has 4 heteroatoms. The first-order chi connectivity index (χ1) is 8.29. The maximum atomic E-state index is 8.85. The fraction of sp³-hybridized carbons (Fsp3) is 0.231. The molecule has 0 spiro atoms. The minimum Gasteiger partial charge on any atom is -0.305 e. The molecule has 2 aromatic rings. The van der Waals surface area contributed by atoms with Crippen LogP contribution in [0, 0.1) is 11.3 Å². The molecule has 0 amide bonds. The Morgan fingerprint density at radius 3 is 3.12 bits per heavy atom. The number of nitriles is 1. The summed E-state index contributed by atoms with van der Waals surface area (Å²) >= 11 is 1.64. The van der Waals surface area contributed by atoms with E-state index < -0.39 is 0 Å². The standard InChI is InChI=1S/C13H13N3S/c1-10(16-8-13-7-15-9-17-13)12-4-2-3-11(5-12)6-14/h2-5,7,9-10,16H,8H2,1H3. The zero-order chi connectivity index (χ0) is 12.1. The first-order valence-corrected chi connectivity index (χ1v) is 6.28. The van der Waals surface area contributed by atoms with E-state index in [1.54, 1.807) is 11.3 Å². The summed E-state index contributed by atoms with van der Waals surface area (Å²) in [6.07, 6.45) is 1.87. The number of aromatic nitrogens is 1. The monoisotopic (exact) mass is 243 g/mol. The Labute approximate surface area is 105 Å². The predicted molar refractivity (Wildman–Crippen MR) is 68.5 cm³/mol. The van der Waals surface area contributed by atoms with E-state index in [0.717, 1.165) is 12.1 Å². The summed E-state index contributed by atoms with van der Waals surface area (Å²) in [7, 11) is 0. The van der Waals surface area contributed by atoms with E-state index in [1.165, 1.54) is 4.88 Å². The van der Waals surface area contributed by atoms with E-state index in [9.17, 15) is 0 Å². The van der Waals surface area contributed by atoms with Crippen LogP contribution in [0.3, 0.4) is 0 Å². The van der Waals surface area contributed by atoms with Gasteiger partial charge >= 0.3 is 0 Å². The third-order valence-corrected chi connectivity index (χ3v) is 3.36. The largest absolute Gasteiger partial charge is 0.305 e. The van der Waals surface area contributed by atoms with Crippen LogP contribution >= 0.6 is 11.3 Å². The summed E-state index contributed by atoms with van der Waals surface area (Å²) in [6, 6.07) is 10.1. The molecule has 0 saturated carbocycles. The number of nitrogens with zero attached hydrogens (tertiary/aromatic N) is 2. The Bertz CT molecular complexity index is 514. The van der Waals surface area contributed by atoms with Gasteiger partial charge in [-0.25, -0.2) is 0 Å². The number of hydrogen-bond donors (Lipinski definition) is 1. The van der Waals surface area contributed by atoms with Gasteiger partial charge in [-0.05, 0) is 24.6 Å². The van der Waals surface area contributed by atoms with Crippen LogP contribution in [0.2, 0.25) is 0 Å². The van der Waals surface area contributed by atoms with Gasteiger partial charge < -0.3 is 5.32 Å². The van der Waals surface area contributed by atoms with E-state index in [1.807, 2.05) is 36.0 Å². The molecule has 1 atom stereocenters. The second-order valence-corrected chi connectivity index (χ2v) is 4.78. The van der Waals surface area contributed by atoms with Crippen LogP contribution in [-0.2, 0) is 6.54 Å². The third-order valence-electron chi connectivity index (χ3n) is 2.58. The van der Waals surface area contributed by atoms with Crippen LogP contribution in [0.25, 0.3) is 0 Å². The highest BCUT2D eigenvalue weighted by molar-refractivity contribution is 7.09. The molecule has 0 aliphatic rings. The van der Waals surface area contributed by atoms with Crippen molar-refractivity contribution < 1.29 is 0 Å². The van der Waals surface area contributed by atoms with Gasteiger partial charge in [0.05, 0.1) is 17.1 Å². The maximum Gasteiger partial charge on any atom is 0.0991 e. The molecule has 1 unspecified atom stereocenters. The number of nitrogens with one attached hydrogen (secondary N) is 1. The molecule has 0 aliphatic carbocycles. The van der Waals surface area contributed by atoms with Crippen LogP contribution in [-0.4, -0.2) is 4.98 Å². The molecule has 0 saturated heterocycles. The van der Waals surface area contributed by atoms with Crippen LogP contribution in [0.1, 0.15) is 29.0 Å². The Kier molecular flexibility index (Phi) is 3.86. The van der Waals surface area contributed by atoms with Gasteiger partial charge in [0, 0.05) is 23.7 Å². The molecular formula is C13H13N3S. The number of thiazole rings is 1. The first kappa shape index (κ1) is 11.8. The Balaban J connectivity index is 1.99. The number of hydrogen-bond acceptors (Lipinski definition) is 4. The lowest BCUT2D eigenvalue weighted by Crippen LogP contribution is -2.17. The highest BCUT2D eigenvalue weighted by atomic mass is 32.1. The topological polar surface area (TPSA) is 48.7 Å². The van der Waals surface area contributed by atoms with Crippen LogP contribution in [0.5, 0.6) is 0 Å². The average Bonchev–Trinajstić information content (AvgIpc) is 2.89. The SMILES string of the molecule is CC(NCc1cncs1)c1cccc(C#N)c1. The minimum absolute atomic E-state index is 0.227. The van der Waals surface area contributed by atoms with Crippen molar-refractivity contribution in [1.82, 2.24) is 10.3 Å². The van der Waals surface area contributed by atoms with Crippen molar-refractivity contribution in [2.24, 2.45) is 0 Å². The summed E-state index contributed by atoms with van der Waals surface area (Å²) < 4.78 is 0. The molecule has 1 N–H and O–H groups in total. The lowest BCUT2D eigenvalue weighted by Gasteiger charge is -2.13. The molecule has 0 fully saturated rings. The van der Waals surface area contributed by atoms with Crippen molar-refractivity contribution >= 4 is 11.3 Å². The van der Waals surface area contributed by atoms with Crippen LogP contribution in [0.4, 0.5) is 0 Å². The quantitative estimate of drug-likeness (QED) is 0.898. The molecule has 17 heavy (non-hydrogen) atoms. The second-order valence-electron chi connectivity index (χ2n) is 3.81. The fourth-order valence-electron chi connectivity index (χ4n) is 1.58. The summed E-state index contributed by atoms with van der Waals surface area (Å²) in [6.45, 7) is 2.90. The highest BCUT2D eigenvalue weighted by Gasteiger charge is 2.05. The van der Waals surface area contributed by atoms with Gasteiger partial charge in [-0.1, -0.05) is 12.1 Å². The molecule has 1 aromatic heterocycles. The summed E-state index contributed by atoms with van der Waals surface area (Å²) in [5, 5.41) is 12.3. The van der Waals surface area contributed by atoms with E-state index in [2.05, 4.69) is 23.3 Å². The zero-order valence-electron chi connectivity index (χ0n) is 9.55. The molecule has 3 nitrogen and oxygen atoms in total. The minimum atomic E-state index is 0.227. The number of rotatable bonds is 4. The predicted octanol–water partition coefficient (Wildman–Crippen LogP) is 2.87. The van der Waals surface area contributed by atoms with Gasteiger partial charge in [-0.15, -0.1) is 11.3 Å². The number of benzene rings is 1. The van der Waals surface area contributed by atoms with Gasteiger partial charge in [-0.3, -0.25) is 4.98 Å². The van der Waals surface area contributed by atoms with E-state index >= 15 is 0 Å². The van der Waals surface area contributed by atoms with Gasteiger partial charge in [0.25, 0.3) is 0 Å². The maximum absolute atomic E-state index is 8.85. The summed E-state index contributed by atoms with van der Waals surface area (Å²) in [5.41, 5.74) is 3.67. The highest BCUT2D eigenvalue weighted by Crippen LogP contribution is 2.15. The van der Waals surface area contributed by atoms with Crippen molar-refractivity contribution in [1.29, 1.82) is 5.26 Å². The van der Waals surface area contributed by atoms with E-state index in [0.29, 0.717) is 5.56 Å². The van der Waals surface area contributed by atoms with Gasteiger partial charge in [0.1, 0.15) is 0 Å². The smallest absolute Gasteiger partial charge is 0.0991 e. The van der Waals surface area contributed by atoms with Crippen molar-refractivity contribution in [3.05, 3.63) is 52.0 Å². The lowest BCUT2D eigenvalue weighted by molar-refractivity contribution is 0.578. The molecule has 2 rings (SSSR count). The van der Waals surface area contributed by atoms with Crippen molar-refractivity contribution in [3.8, 4) is 6.07 Å². The van der Waals surface area contributed by atoms with Crippen LogP contribution in [0.15, 0.2) is 36.0 Å². The fourth-order valence-corrected chi connectivity index (χ4v) is 2.12. The van der Waals surface area contributed by atoms with Crippen molar-refractivity contribution in [3.63, 3.8) is 0 Å². The Morgan fingerprint density at radius 1 is 1.53 bits per heavy atom. The van der Waals surface area contributed by atoms with Gasteiger partial charge in [-0.2, -0.15) is 5.26 Å². The van der Waals surface area contributed by atoms with E-state index in [-0.39, 0.29) is 6.04 Å². The average molecular weight is 243 g/mol. The first-order valence-electron chi connectivity index (χ1n) is 5.40. The molecule has 1 heterocycles. The van der Waals surface area contributed by atoms with Gasteiger partial charge in [0.15, 0.2) is 0 Å². The molecule has 0 aliphatic heterocycles. The molecule has 0 radical (unpaired) electrons. The Morgan fingerprint density at radius 2 is 2.41 bits per heavy atom. The van der Waals surface area contributed by atoms with Crippen molar-refractivity contribution in [2.45, 2.75) is 19.5 Å². The zero-order valence-corrected chi connectivity index (χ0v) is 10.4. The molecular weight excluding hydrogens is 230 g/mol. The second kappa shape index (κ2) is 5.58. The third kappa shape index (κ3) is 3.13. The Hall–Kier alpha value is -1.70. The normalized spacial score (nSPS) is 12.0. The summed E-state index contributed by atoms with van der Waals surface area (Å²) in [4.78, 5) is 5.25. The van der Waals surface area contributed by atoms with Crippen LogP contribution < -0.4 is 5.32 Å². The molecule has 1 aromatic carbocycles. The lowest BCUT2D eigenvalue weighted by atomic mass is 10.1. The van der Waals surface area contributed by atoms with E-state index in [4.69, 9.17) is 5.26 Å². The molecule has 86 valence electrons. The summed E-state index contributed by atoms with van der Waals surface area (Å²) in [5.74, 6) is 0.